The van der Waals surface area contributed by atoms with Crippen molar-refractivity contribution in [2.45, 2.75) is 27.7 Å². The van der Waals surface area contributed by atoms with Crippen molar-refractivity contribution >= 4 is 17.3 Å². The monoisotopic (exact) mass is 245 g/mol. The van der Waals surface area contributed by atoms with Crippen LogP contribution in [-0.4, -0.2) is 18.2 Å². The lowest BCUT2D eigenvalue weighted by Gasteiger charge is -2.19. The number of amides is 1. The fourth-order valence-electron chi connectivity index (χ4n) is 2.54. The number of hydrazone groups is 1. The molecule has 1 unspecified atom stereocenters. The van der Waals surface area contributed by atoms with Gasteiger partial charge in [0, 0.05) is 12.3 Å². The number of carbonyl (C=O) groups is 1. The van der Waals surface area contributed by atoms with Crippen molar-refractivity contribution in [2.75, 3.05) is 11.6 Å². The minimum absolute atomic E-state index is 0.0231. The Kier molecular flexibility index (Phi) is 3.22. The molecule has 2 N–H and O–H groups in total. The standard InChI is InChI=1S/C14H19N3O/c1-8-5-9(2)13(10(3)6-8)17-14(18)12(7-15)11(4)16-17/h5-6,12H,7,15H2,1-4H3. The number of carbonyl (C=O) groups excluding carboxylic acids is 1. The molecule has 1 atom stereocenters. The van der Waals surface area contributed by atoms with Gasteiger partial charge in [-0.3, -0.25) is 4.79 Å². The van der Waals surface area contributed by atoms with Gasteiger partial charge in [-0.15, -0.1) is 0 Å². The maximum absolute atomic E-state index is 12.3. The van der Waals surface area contributed by atoms with Crippen LogP contribution in [-0.2, 0) is 4.79 Å². The third-order valence-corrected chi connectivity index (χ3v) is 3.35. The lowest BCUT2D eigenvalue weighted by Crippen LogP contribution is -2.32. The largest absolute Gasteiger partial charge is 0.329 e. The first-order valence-corrected chi connectivity index (χ1v) is 6.12. The van der Waals surface area contributed by atoms with Gasteiger partial charge in [0.25, 0.3) is 5.91 Å². The summed E-state index contributed by atoms with van der Waals surface area (Å²) in [5, 5.41) is 5.87. The van der Waals surface area contributed by atoms with Crippen LogP contribution in [0.5, 0.6) is 0 Å². The first kappa shape index (κ1) is 12.8. The number of nitrogens with zero attached hydrogens (tertiary/aromatic N) is 2. The number of hydrogen-bond acceptors (Lipinski definition) is 3. The lowest BCUT2D eigenvalue weighted by molar-refractivity contribution is -0.119. The van der Waals surface area contributed by atoms with E-state index in [2.05, 4.69) is 17.2 Å². The second kappa shape index (κ2) is 4.53. The average molecular weight is 245 g/mol. The van der Waals surface area contributed by atoms with E-state index in [-0.39, 0.29) is 11.8 Å². The number of aryl methyl sites for hydroxylation is 3. The first-order chi connectivity index (χ1) is 8.45. The number of hydrogen-bond donors (Lipinski definition) is 1. The average Bonchev–Trinajstić information content (AvgIpc) is 2.53. The summed E-state index contributed by atoms with van der Waals surface area (Å²) in [6.07, 6.45) is 0. The Labute approximate surface area is 107 Å². The third-order valence-electron chi connectivity index (χ3n) is 3.35. The van der Waals surface area contributed by atoms with Crippen molar-refractivity contribution < 1.29 is 4.79 Å². The van der Waals surface area contributed by atoms with Crippen LogP contribution in [0.25, 0.3) is 0 Å². The van der Waals surface area contributed by atoms with E-state index < -0.39 is 0 Å². The van der Waals surface area contributed by atoms with Gasteiger partial charge < -0.3 is 5.73 Å². The number of benzene rings is 1. The molecule has 0 bridgehead atoms. The van der Waals surface area contributed by atoms with Crippen LogP contribution >= 0.6 is 0 Å². The molecule has 1 aliphatic heterocycles. The highest BCUT2D eigenvalue weighted by molar-refractivity contribution is 6.15. The van der Waals surface area contributed by atoms with Crippen LogP contribution in [0.4, 0.5) is 5.69 Å². The molecule has 0 saturated carbocycles. The van der Waals surface area contributed by atoms with Gasteiger partial charge in [0.15, 0.2) is 0 Å². The first-order valence-electron chi connectivity index (χ1n) is 6.12. The molecule has 0 fully saturated rings. The number of rotatable bonds is 2. The van der Waals surface area contributed by atoms with Gasteiger partial charge in [-0.25, -0.2) is 0 Å². The molecule has 0 radical (unpaired) electrons. The van der Waals surface area contributed by atoms with E-state index in [0.717, 1.165) is 22.5 Å². The highest BCUT2D eigenvalue weighted by Crippen LogP contribution is 2.30. The predicted molar refractivity (Wildman–Crippen MR) is 73.8 cm³/mol. The van der Waals surface area contributed by atoms with Gasteiger partial charge in [-0.2, -0.15) is 10.1 Å². The Morgan fingerprint density at radius 1 is 1.22 bits per heavy atom. The molecule has 1 heterocycles. The van der Waals surface area contributed by atoms with Gasteiger partial charge in [0.1, 0.15) is 0 Å². The highest BCUT2D eigenvalue weighted by atomic mass is 16.2. The number of anilines is 1. The Morgan fingerprint density at radius 3 is 2.22 bits per heavy atom. The summed E-state index contributed by atoms with van der Waals surface area (Å²) >= 11 is 0. The SMILES string of the molecule is CC1=NN(c2c(C)cc(C)cc2C)C(=O)C1CN. The van der Waals surface area contributed by atoms with E-state index in [1.54, 1.807) is 0 Å². The summed E-state index contributed by atoms with van der Waals surface area (Å²) in [5.41, 5.74) is 10.6. The second-order valence-corrected chi connectivity index (χ2v) is 4.93. The van der Waals surface area contributed by atoms with Crippen molar-refractivity contribution in [1.82, 2.24) is 0 Å². The molecule has 0 aromatic heterocycles. The van der Waals surface area contributed by atoms with Crippen molar-refractivity contribution in [3.8, 4) is 0 Å². The molecule has 0 aliphatic carbocycles. The molecule has 0 spiro atoms. The smallest absolute Gasteiger partial charge is 0.257 e. The zero-order valence-electron chi connectivity index (χ0n) is 11.3. The summed E-state index contributed by atoms with van der Waals surface area (Å²) < 4.78 is 0. The normalized spacial score (nSPS) is 19.4. The fourth-order valence-corrected chi connectivity index (χ4v) is 2.54. The van der Waals surface area contributed by atoms with Crippen LogP contribution in [0.2, 0.25) is 0 Å². The van der Waals surface area contributed by atoms with E-state index in [1.165, 1.54) is 10.6 Å². The van der Waals surface area contributed by atoms with Gasteiger partial charge in [0.2, 0.25) is 0 Å². The molecule has 1 amide bonds. The molecule has 96 valence electrons. The van der Waals surface area contributed by atoms with Gasteiger partial charge in [-0.1, -0.05) is 17.7 Å². The summed E-state index contributed by atoms with van der Waals surface area (Å²) in [6.45, 7) is 8.22. The third kappa shape index (κ3) is 1.93. The van der Waals surface area contributed by atoms with E-state index in [1.807, 2.05) is 27.7 Å². The Morgan fingerprint density at radius 2 is 1.78 bits per heavy atom. The summed E-state index contributed by atoms with van der Waals surface area (Å²) in [7, 11) is 0. The highest BCUT2D eigenvalue weighted by Gasteiger charge is 2.34. The van der Waals surface area contributed by atoms with Crippen molar-refractivity contribution in [3.05, 3.63) is 28.8 Å². The molecule has 1 aromatic rings. The van der Waals surface area contributed by atoms with E-state index >= 15 is 0 Å². The predicted octanol–water partition coefficient (Wildman–Crippen LogP) is 1.91. The van der Waals surface area contributed by atoms with Gasteiger partial charge in [-0.05, 0) is 38.8 Å². The van der Waals surface area contributed by atoms with Crippen LogP contribution in [0.3, 0.4) is 0 Å². The second-order valence-electron chi connectivity index (χ2n) is 4.93. The van der Waals surface area contributed by atoms with Crippen LogP contribution in [0, 0.1) is 26.7 Å². The molecular weight excluding hydrogens is 226 g/mol. The molecule has 18 heavy (non-hydrogen) atoms. The molecule has 1 aromatic carbocycles. The minimum atomic E-state index is -0.273. The fraction of sp³-hybridized carbons (Fsp3) is 0.429. The van der Waals surface area contributed by atoms with Crippen LogP contribution in [0.15, 0.2) is 17.2 Å². The lowest BCUT2D eigenvalue weighted by atomic mass is 10.0. The maximum Gasteiger partial charge on any atom is 0.257 e. The van der Waals surface area contributed by atoms with E-state index in [0.29, 0.717) is 6.54 Å². The molecule has 1 aliphatic rings. The maximum atomic E-state index is 12.3. The molecule has 4 heteroatoms. The van der Waals surface area contributed by atoms with Gasteiger partial charge in [0.05, 0.1) is 11.6 Å². The van der Waals surface area contributed by atoms with Crippen LogP contribution in [0.1, 0.15) is 23.6 Å². The Bertz CT molecular complexity index is 511. The summed E-state index contributed by atoms with van der Waals surface area (Å²) in [5.74, 6) is -0.296. The van der Waals surface area contributed by atoms with Crippen LogP contribution < -0.4 is 10.7 Å². The molecular formula is C14H19N3O. The zero-order chi connectivity index (χ0) is 13.4. The minimum Gasteiger partial charge on any atom is -0.329 e. The van der Waals surface area contributed by atoms with Crippen molar-refractivity contribution in [2.24, 2.45) is 16.8 Å². The zero-order valence-corrected chi connectivity index (χ0v) is 11.3. The van der Waals surface area contributed by atoms with Crippen molar-refractivity contribution in [1.29, 1.82) is 0 Å². The number of nitrogens with two attached hydrogens (primary N) is 1. The van der Waals surface area contributed by atoms with Gasteiger partial charge >= 0.3 is 0 Å². The topological polar surface area (TPSA) is 58.7 Å². The molecule has 0 saturated heterocycles. The molecule has 4 nitrogen and oxygen atoms in total. The van der Waals surface area contributed by atoms with E-state index in [9.17, 15) is 4.79 Å². The van der Waals surface area contributed by atoms with E-state index in [4.69, 9.17) is 5.73 Å². The molecule has 2 rings (SSSR count). The Balaban J connectivity index is 2.49. The Hall–Kier alpha value is -1.68. The summed E-state index contributed by atoms with van der Waals surface area (Å²) in [6, 6.07) is 4.13. The van der Waals surface area contributed by atoms with Crippen molar-refractivity contribution in [3.63, 3.8) is 0 Å². The quantitative estimate of drug-likeness (QED) is 0.865. The summed E-state index contributed by atoms with van der Waals surface area (Å²) in [4.78, 5) is 12.3.